The maximum atomic E-state index is 12.4. The molecule has 4 rings (SSSR count). The first-order valence-electron chi connectivity index (χ1n) is 8.32. The third-order valence-corrected chi connectivity index (χ3v) is 5.63. The van der Waals surface area contributed by atoms with Gasteiger partial charge in [0.05, 0.1) is 17.0 Å². The molecule has 0 aliphatic heterocycles. The van der Waals surface area contributed by atoms with Crippen molar-refractivity contribution in [3.05, 3.63) is 41.3 Å². The van der Waals surface area contributed by atoms with Gasteiger partial charge in [-0.3, -0.25) is 14.9 Å². The van der Waals surface area contributed by atoms with E-state index in [4.69, 9.17) is 4.74 Å². The van der Waals surface area contributed by atoms with Crippen LogP contribution >= 0.6 is 22.9 Å². The van der Waals surface area contributed by atoms with Crippen molar-refractivity contribution < 1.29 is 14.3 Å². The molecule has 0 radical (unpaired) electrons. The number of anilines is 2. The number of carbonyl (C=O) groups excluding carboxylic acids is 2. The van der Waals surface area contributed by atoms with Crippen LogP contribution < -0.4 is 15.4 Å². The zero-order valence-corrected chi connectivity index (χ0v) is 16.0. The molecule has 0 unspecified atom stereocenters. The fraction of sp³-hybridized carbons (Fsp3) is 0.222. The lowest BCUT2D eigenvalue weighted by Gasteiger charge is -2.01. The van der Waals surface area contributed by atoms with Gasteiger partial charge in [0, 0.05) is 23.0 Å². The van der Waals surface area contributed by atoms with Crippen LogP contribution in [-0.2, 0) is 4.79 Å². The molecular formula is C18H16N4O3S2. The number of carbonyl (C=O) groups is 2. The van der Waals surface area contributed by atoms with Crippen LogP contribution in [0.4, 0.5) is 10.1 Å². The lowest BCUT2D eigenvalue weighted by atomic mass is 10.2. The lowest BCUT2D eigenvalue weighted by molar-refractivity contribution is -0.117. The van der Waals surface area contributed by atoms with Crippen LogP contribution in [0.3, 0.4) is 0 Å². The molecule has 1 aromatic carbocycles. The smallest absolute Gasteiger partial charge is 0.267 e. The second-order valence-electron chi connectivity index (χ2n) is 6.04. The summed E-state index contributed by atoms with van der Waals surface area (Å²) in [5.74, 6) is 1.11. The van der Waals surface area contributed by atoms with Crippen LogP contribution in [0.15, 0.2) is 36.4 Å². The molecule has 1 aliphatic rings. The SMILES string of the molecule is COc1cccc(-c2nsc(NC(=O)c3ccc(NC(=O)C4CC4)s3)n2)c1. The Labute approximate surface area is 163 Å². The molecule has 2 aromatic heterocycles. The van der Waals surface area contributed by atoms with E-state index in [1.165, 1.54) is 11.3 Å². The summed E-state index contributed by atoms with van der Waals surface area (Å²) in [7, 11) is 1.60. The van der Waals surface area contributed by atoms with E-state index in [2.05, 4.69) is 20.0 Å². The van der Waals surface area contributed by atoms with Crippen molar-refractivity contribution in [2.45, 2.75) is 12.8 Å². The molecule has 0 spiro atoms. The number of nitrogens with one attached hydrogen (secondary N) is 2. The largest absolute Gasteiger partial charge is 0.497 e. The lowest BCUT2D eigenvalue weighted by Crippen LogP contribution is -2.12. The van der Waals surface area contributed by atoms with Crippen LogP contribution in [0.5, 0.6) is 5.75 Å². The second-order valence-corrected chi connectivity index (χ2v) is 7.87. The summed E-state index contributed by atoms with van der Waals surface area (Å²) in [6.45, 7) is 0. The molecule has 9 heteroatoms. The highest BCUT2D eigenvalue weighted by molar-refractivity contribution is 7.18. The molecule has 3 aromatic rings. The van der Waals surface area contributed by atoms with E-state index in [-0.39, 0.29) is 17.7 Å². The molecule has 27 heavy (non-hydrogen) atoms. The number of aromatic nitrogens is 2. The standard InChI is InChI=1S/C18H16N4O3S2/c1-25-12-4-2-3-11(9-12)15-20-18(27-22-15)21-17(24)13-7-8-14(26-13)19-16(23)10-5-6-10/h2-4,7-10H,5-6H2,1H3,(H,19,23)(H,20,21,22,24). The minimum absolute atomic E-state index is 0.0239. The number of amides is 2. The van der Waals surface area contributed by atoms with Crippen molar-refractivity contribution in [3.63, 3.8) is 0 Å². The van der Waals surface area contributed by atoms with Gasteiger partial charge in [0.2, 0.25) is 11.0 Å². The van der Waals surface area contributed by atoms with Crippen LogP contribution in [0.1, 0.15) is 22.5 Å². The minimum atomic E-state index is -0.278. The topological polar surface area (TPSA) is 93.2 Å². The Morgan fingerprint density at radius 3 is 2.81 bits per heavy atom. The average molecular weight is 400 g/mol. The quantitative estimate of drug-likeness (QED) is 0.655. The van der Waals surface area contributed by atoms with Crippen molar-refractivity contribution in [2.75, 3.05) is 17.7 Å². The van der Waals surface area contributed by atoms with Crippen LogP contribution in [0.25, 0.3) is 11.4 Å². The molecule has 0 bridgehead atoms. The summed E-state index contributed by atoms with van der Waals surface area (Å²) in [6.07, 6.45) is 1.88. The minimum Gasteiger partial charge on any atom is -0.497 e. The molecule has 0 atom stereocenters. The van der Waals surface area contributed by atoms with Gasteiger partial charge < -0.3 is 10.1 Å². The van der Waals surface area contributed by atoms with Crippen LogP contribution in [-0.4, -0.2) is 28.3 Å². The summed E-state index contributed by atoms with van der Waals surface area (Å²) >= 11 is 2.35. The van der Waals surface area contributed by atoms with Gasteiger partial charge in [0.25, 0.3) is 5.91 Å². The molecule has 2 N–H and O–H groups in total. The van der Waals surface area contributed by atoms with Gasteiger partial charge in [-0.15, -0.1) is 11.3 Å². The summed E-state index contributed by atoms with van der Waals surface area (Å²) in [5, 5.41) is 6.68. The maximum Gasteiger partial charge on any atom is 0.267 e. The van der Waals surface area contributed by atoms with E-state index < -0.39 is 0 Å². The normalized spacial score (nSPS) is 13.2. The van der Waals surface area contributed by atoms with Crippen molar-refractivity contribution >= 4 is 44.8 Å². The van der Waals surface area contributed by atoms with E-state index >= 15 is 0 Å². The number of ether oxygens (including phenoxy) is 1. The molecule has 1 aliphatic carbocycles. The van der Waals surface area contributed by atoms with Crippen LogP contribution in [0.2, 0.25) is 0 Å². The van der Waals surface area contributed by atoms with Crippen molar-refractivity contribution in [1.29, 1.82) is 0 Å². The molecule has 0 saturated heterocycles. The first kappa shape index (κ1) is 17.6. The van der Waals surface area contributed by atoms with Gasteiger partial charge in [-0.25, -0.2) is 0 Å². The third-order valence-electron chi connectivity index (χ3n) is 4.00. The molecule has 138 valence electrons. The first-order valence-corrected chi connectivity index (χ1v) is 9.91. The van der Waals surface area contributed by atoms with Gasteiger partial charge in [-0.1, -0.05) is 12.1 Å². The Hall–Kier alpha value is -2.78. The maximum absolute atomic E-state index is 12.4. The Morgan fingerprint density at radius 2 is 2.04 bits per heavy atom. The molecule has 1 saturated carbocycles. The molecule has 2 amide bonds. The highest BCUT2D eigenvalue weighted by Gasteiger charge is 2.29. The fourth-order valence-corrected chi connectivity index (χ4v) is 3.80. The number of nitrogens with zero attached hydrogens (tertiary/aromatic N) is 2. The van der Waals surface area contributed by atoms with Crippen molar-refractivity contribution in [2.24, 2.45) is 5.92 Å². The van der Waals surface area contributed by atoms with Crippen molar-refractivity contribution in [1.82, 2.24) is 9.36 Å². The van der Waals surface area contributed by atoms with Gasteiger partial charge in [-0.2, -0.15) is 9.36 Å². The van der Waals surface area contributed by atoms with Crippen LogP contribution in [0, 0.1) is 5.92 Å². The monoisotopic (exact) mass is 400 g/mol. The number of hydrogen-bond acceptors (Lipinski definition) is 7. The van der Waals surface area contributed by atoms with Gasteiger partial charge in [0.1, 0.15) is 5.75 Å². The van der Waals surface area contributed by atoms with E-state index in [0.29, 0.717) is 26.6 Å². The molecular weight excluding hydrogens is 384 g/mol. The van der Waals surface area contributed by atoms with Gasteiger partial charge in [0.15, 0.2) is 5.82 Å². The number of benzene rings is 1. The number of rotatable bonds is 6. The highest BCUT2D eigenvalue weighted by Crippen LogP contribution is 2.32. The van der Waals surface area contributed by atoms with Gasteiger partial charge >= 0.3 is 0 Å². The Morgan fingerprint density at radius 1 is 1.19 bits per heavy atom. The van der Waals surface area contributed by atoms with E-state index in [1.807, 2.05) is 24.3 Å². The summed E-state index contributed by atoms with van der Waals surface area (Å²) in [4.78, 5) is 29.1. The first-order chi connectivity index (χ1) is 13.1. The summed E-state index contributed by atoms with van der Waals surface area (Å²) in [5.41, 5.74) is 0.812. The predicted octanol–water partition coefficient (Wildman–Crippen LogP) is 3.88. The van der Waals surface area contributed by atoms with Crippen molar-refractivity contribution in [3.8, 4) is 17.1 Å². The molecule has 7 nitrogen and oxygen atoms in total. The van der Waals surface area contributed by atoms with Gasteiger partial charge in [-0.05, 0) is 37.1 Å². The Bertz CT molecular complexity index is 994. The highest BCUT2D eigenvalue weighted by atomic mass is 32.1. The fourth-order valence-electron chi connectivity index (χ4n) is 2.41. The van der Waals surface area contributed by atoms with E-state index in [9.17, 15) is 9.59 Å². The Kier molecular flexibility index (Phi) is 4.87. The van der Waals surface area contributed by atoms with E-state index in [0.717, 1.165) is 29.9 Å². The summed E-state index contributed by atoms with van der Waals surface area (Å²) in [6, 6.07) is 10.8. The third kappa shape index (κ3) is 4.15. The summed E-state index contributed by atoms with van der Waals surface area (Å²) < 4.78 is 9.49. The average Bonchev–Trinajstić information content (AvgIpc) is 3.26. The molecule has 2 heterocycles. The number of methoxy groups -OCH3 is 1. The van der Waals surface area contributed by atoms with E-state index in [1.54, 1.807) is 19.2 Å². The number of thiophene rings is 1. The number of hydrogen-bond donors (Lipinski definition) is 2. The predicted molar refractivity (Wildman–Crippen MR) is 106 cm³/mol. The Balaban J connectivity index is 1.42. The second kappa shape index (κ2) is 7.45. The zero-order chi connectivity index (χ0) is 18.8. The molecule has 1 fully saturated rings. The zero-order valence-electron chi connectivity index (χ0n) is 14.4.